The van der Waals surface area contributed by atoms with Gasteiger partial charge in [-0.25, -0.2) is 13.1 Å². The van der Waals surface area contributed by atoms with E-state index in [0.29, 0.717) is 29.9 Å². The van der Waals surface area contributed by atoms with Crippen molar-refractivity contribution in [3.8, 4) is 0 Å². The lowest BCUT2D eigenvalue weighted by atomic mass is 10.2. The number of halogens is 1. The highest BCUT2D eigenvalue weighted by molar-refractivity contribution is 7.89. The molecule has 0 saturated carbocycles. The summed E-state index contributed by atoms with van der Waals surface area (Å²) < 4.78 is 28.1. The summed E-state index contributed by atoms with van der Waals surface area (Å²) in [7, 11) is -3.99. The third kappa shape index (κ3) is 5.22. The van der Waals surface area contributed by atoms with E-state index in [-0.39, 0.29) is 27.9 Å². The van der Waals surface area contributed by atoms with Gasteiger partial charge in [-0.15, -0.1) is 0 Å². The van der Waals surface area contributed by atoms with E-state index >= 15 is 0 Å². The molecule has 2 N–H and O–H groups in total. The minimum Gasteiger partial charge on any atom is -0.320 e. The largest absolute Gasteiger partial charge is 0.320 e. The highest BCUT2D eigenvalue weighted by atomic mass is 35.5. The zero-order valence-electron chi connectivity index (χ0n) is 17.5. The molecule has 0 bridgehead atoms. The average molecular weight is 485 g/mol. The van der Waals surface area contributed by atoms with Crippen LogP contribution in [-0.4, -0.2) is 31.8 Å². The Morgan fingerprint density at radius 1 is 1.12 bits per heavy atom. The predicted molar refractivity (Wildman–Crippen MR) is 126 cm³/mol. The maximum absolute atomic E-state index is 13.0. The van der Waals surface area contributed by atoms with Gasteiger partial charge in [0.15, 0.2) is 0 Å². The average Bonchev–Trinajstić information content (AvgIpc) is 3.24. The first-order valence-electron chi connectivity index (χ1n) is 10.2. The molecular formula is C23H21ClN4O4S. The number of nitrogens with one attached hydrogen (secondary N) is 2. The Kier molecular flexibility index (Phi) is 6.73. The molecule has 0 atom stereocenters. The number of amides is 2. The Balaban J connectivity index is 1.55. The van der Waals surface area contributed by atoms with E-state index in [9.17, 15) is 18.0 Å². The number of sulfonamides is 1. The highest BCUT2D eigenvalue weighted by Crippen LogP contribution is 2.30. The summed E-state index contributed by atoms with van der Waals surface area (Å²) >= 11 is 6.15. The molecule has 0 unspecified atom stereocenters. The molecule has 170 valence electrons. The summed E-state index contributed by atoms with van der Waals surface area (Å²) in [5.41, 5.74) is 1.86. The second kappa shape index (κ2) is 9.70. The molecular weight excluding hydrogens is 464 g/mol. The van der Waals surface area contributed by atoms with Crippen molar-refractivity contribution in [2.24, 2.45) is 0 Å². The van der Waals surface area contributed by atoms with Crippen molar-refractivity contribution in [2.75, 3.05) is 16.8 Å². The van der Waals surface area contributed by atoms with Crippen LogP contribution in [0.1, 0.15) is 28.8 Å². The molecule has 2 aromatic carbocycles. The molecule has 0 aliphatic carbocycles. The van der Waals surface area contributed by atoms with E-state index < -0.39 is 15.9 Å². The van der Waals surface area contributed by atoms with Crippen LogP contribution in [0, 0.1) is 0 Å². The maximum atomic E-state index is 13.0. The van der Waals surface area contributed by atoms with Crippen LogP contribution >= 0.6 is 11.6 Å². The monoisotopic (exact) mass is 484 g/mol. The van der Waals surface area contributed by atoms with Crippen molar-refractivity contribution < 1.29 is 18.0 Å². The molecule has 10 heteroatoms. The normalized spacial score (nSPS) is 13.8. The van der Waals surface area contributed by atoms with Crippen LogP contribution in [0.3, 0.4) is 0 Å². The second-order valence-corrected chi connectivity index (χ2v) is 9.59. The van der Waals surface area contributed by atoms with Crippen LogP contribution < -0.4 is 14.9 Å². The molecule has 4 rings (SSSR count). The van der Waals surface area contributed by atoms with Gasteiger partial charge in [-0.05, 0) is 48.4 Å². The number of aromatic nitrogens is 1. The van der Waals surface area contributed by atoms with Crippen molar-refractivity contribution >= 4 is 44.8 Å². The third-order valence-corrected chi connectivity index (χ3v) is 7.07. The smallest absolute Gasteiger partial charge is 0.255 e. The molecule has 1 saturated heterocycles. The van der Waals surface area contributed by atoms with Gasteiger partial charge in [0.1, 0.15) is 4.90 Å². The predicted octanol–water partition coefficient (Wildman–Crippen LogP) is 3.59. The number of hydrogen-bond donors (Lipinski definition) is 2. The highest BCUT2D eigenvalue weighted by Gasteiger charge is 2.25. The molecule has 1 aromatic heterocycles. The first-order chi connectivity index (χ1) is 15.8. The fraction of sp³-hybridized carbons (Fsp3) is 0.174. The molecule has 0 radical (unpaired) electrons. The van der Waals surface area contributed by atoms with Crippen molar-refractivity contribution in [1.29, 1.82) is 0 Å². The van der Waals surface area contributed by atoms with Gasteiger partial charge in [-0.1, -0.05) is 29.8 Å². The number of carbonyl (C=O) groups is 2. The van der Waals surface area contributed by atoms with E-state index in [2.05, 4.69) is 15.0 Å². The van der Waals surface area contributed by atoms with Gasteiger partial charge >= 0.3 is 0 Å². The second-order valence-electron chi connectivity index (χ2n) is 7.45. The van der Waals surface area contributed by atoms with E-state index in [0.717, 1.165) is 6.42 Å². The van der Waals surface area contributed by atoms with E-state index in [1.54, 1.807) is 53.7 Å². The summed E-state index contributed by atoms with van der Waals surface area (Å²) in [4.78, 5) is 30.5. The molecule has 3 aromatic rings. The number of hydrogen-bond acceptors (Lipinski definition) is 5. The van der Waals surface area contributed by atoms with Gasteiger partial charge in [0, 0.05) is 37.5 Å². The van der Waals surface area contributed by atoms with Crippen LogP contribution in [0.4, 0.5) is 11.4 Å². The molecule has 8 nitrogen and oxygen atoms in total. The van der Waals surface area contributed by atoms with Crippen molar-refractivity contribution in [3.05, 3.63) is 83.1 Å². The number of para-hydroxylation sites is 2. The Hall–Kier alpha value is -3.27. The molecule has 33 heavy (non-hydrogen) atoms. The number of pyridine rings is 1. The molecule has 1 fully saturated rings. The van der Waals surface area contributed by atoms with Gasteiger partial charge in [0.25, 0.3) is 5.91 Å². The van der Waals surface area contributed by atoms with Gasteiger partial charge in [0.2, 0.25) is 15.9 Å². The number of anilines is 2. The van der Waals surface area contributed by atoms with Crippen molar-refractivity contribution in [3.63, 3.8) is 0 Å². The molecule has 2 heterocycles. The first kappa shape index (κ1) is 22.9. The Labute approximate surface area is 196 Å². The molecule has 1 aliphatic heterocycles. The Morgan fingerprint density at radius 3 is 2.67 bits per heavy atom. The van der Waals surface area contributed by atoms with Crippen LogP contribution in [0.15, 0.2) is 71.9 Å². The molecule has 1 aliphatic rings. The lowest BCUT2D eigenvalue weighted by molar-refractivity contribution is -0.117. The summed E-state index contributed by atoms with van der Waals surface area (Å²) in [6, 6.07) is 14.5. The van der Waals surface area contributed by atoms with E-state index in [1.165, 1.54) is 18.2 Å². The first-order valence-corrected chi connectivity index (χ1v) is 12.1. The third-order valence-electron chi connectivity index (χ3n) is 5.19. The lowest BCUT2D eigenvalue weighted by Crippen LogP contribution is -2.26. The fourth-order valence-electron chi connectivity index (χ4n) is 3.52. The number of benzene rings is 2. The molecule has 2 amide bonds. The van der Waals surface area contributed by atoms with Gasteiger partial charge < -0.3 is 10.2 Å². The van der Waals surface area contributed by atoms with Crippen LogP contribution in [0.2, 0.25) is 5.02 Å². The number of rotatable bonds is 7. The topological polar surface area (TPSA) is 108 Å². The van der Waals surface area contributed by atoms with Crippen LogP contribution in [0.25, 0.3) is 0 Å². The van der Waals surface area contributed by atoms with Gasteiger partial charge in [-0.3, -0.25) is 14.6 Å². The quantitative estimate of drug-likeness (QED) is 0.532. The summed E-state index contributed by atoms with van der Waals surface area (Å²) in [6.07, 6.45) is 4.36. The minimum absolute atomic E-state index is 0.00346. The standard InChI is InChI=1S/C23H21ClN4O4S/c24-18-10-9-17(13-21(18)33(31,32)26-15-16-5-3-11-25-14-16)23(30)27-19-6-1-2-7-20(19)28-12-4-8-22(28)29/h1-3,5-7,9-11,13-14,26H,4,8,12,15H2,(H,27,30). The zero-order chi connectivity index (χ0) is 23.4. The minimum atomic E-state index is -3.99. The van der Waals surface area contributed by atoms with E-state index in [4.69, 9.17) is 11.6 Å². The fourth-order valence-corrected chi connectivity index (χ4v) is 5.06. The van der Waals surface area contributed by atoms with Gasteiger partial charge in [0.05, 0.1) is 16.4 Å². The van der Waals surface area contributed by atoms with E-state index in [1.807, 2.05) is 0 Å². The SMILES string of the molecule is O=C(Nc1ccccc1N1CCCC1=O)c1ccc(Cl)c(S(=O)(=O)NCc2cccnc2)c1. The van der Waals surface area contributed by atoms with Crippen molar-refractivity contribution in [1.82, 2.24) is 9.71 Å². The van der Waals surface area contributed by atoms with Crippen molar-refractivity contribution in [2.45, 2.75) is 24.3 Å². The molecule has 0 spiro atoms. The zero-order valence-corrected chi connectivity index (χ0v) is 19.1. The summed E-state index contributed by atoms with van der Waals surface area (Å²) in [6.45, 7) is 0.609. The van der Waals surface area contributed by atoms with Gasteiger partial charge in [-0.2, -0.15) is 0 Å². The number of carbonyl (C=O) groups excluding carboxylic acids is 2. The maximum Gasteiger partial charge on any atom is 0.255 e. The summed E-state index contributed by atoms with van der Waals surface area (Å²) in [5.74, 6) is -0.522. The van der Waals surface area contributed by atoms with Crippen LogP contribution in [-0.2, 0) is 21.4 Å². The number of nitrogens with zero attached hydrogens (tertiary/aromatic N) is 2. The Bertz CT molecular complexity index is 1300. The summed E-state index contributed by atoms with van der Waals surface area (Å²) in [5, 5.41) is 2.77. The van der Waals surface area contributed by atoms with Crippen LogP contribution in [0.5, 0.6) is 0 Å². The Morgan fingerprint density at radius 2 is 1.94 bits per heavy atom. The lowest BCUT2D eigenvalue weighted by Gasteiger charge is -2.20.